The lowest BCUT2D eigenvalue weighted by molar-refractivity contribution is -0.0142. The van der Waals surface area contributed by atoms with Crippen molar-refractivity contribution < 1.29 is 4.74 Å². The van der Waals surface area contributed by atoms with Crippen LogP contribution in [0.15, 0.2) is 5.38 Å². The standard InChI is InChI=1S/C12H22N2OS/c1-6-15-12(4,5)10-14-9(8-16-10)7-11(2,3)13/h8H,6-7,13H2,1-5H3. The Morgan fingerprint density at radius 1 is 1.38 bits per heavy atom. The van der Waals surface area contributed by atoms with Crippen LogP contribution < -0.4 is 5.73 Å². The Morgan fingerprint density at radius 3 is 2.50 bits per heavy atom. The zero-order valence-electron chi connectivity index (χ0n) is 10.8. The fraction of sp³-hybridized carbons (Fsp3) is 0.750. The number of hydrogen-bond acceptors (Lipinski definition) is 4. The molecule has 0 fully saturated rings. The number of nitrogens with zero attached hydrogens (tertiary/aromatic N) is 1. The van der Waals surface area contributed by atoms with E-state index in [1.165, 1.54) is 0 Å². The summed E-state index contributed by atoms with van der Waals surface area (Å²) < 4.78 is 5.68. The van der Waals surface area contributed by atoms with Crippen LogP contribution in [0, 0.1) is 0 Å². The van der Waals surface area contributed by atoms with Crippen LogP contribution in [-0.2, 0) is 16.8 Å². The zero-order valence-corrected chi connectivity index (χ0v) is 11.6. The highest BCUT2D eigenvalue weighted by atomic mass is 32.1. The van der Waals surface area contributed by atoms with Crippen molar-refractivity contribution in [2.45, 2.75) is 52.2 Å². The predicted molar refractivity (Wildman–Crippen MR) is 68.7 cm³/mol. The largest absolute Gasteiger partial charge is 0.369 e. The maximum Gasteiger partial charge on any atom is 0.124 e. The molecule has 0 saturated heterocycles. The van der Waals surface area contributed by atoms with Gasteiger partial charge in [0.05, 0.1) is 5.69 Å². The summed E-state index contributed by atoms with van der Waals surface area (Å²) in [6, 6.07) is 0. The van der Waals surface area contributed by atoms with Gasteiger partial charge in [0.2, 0.25) is 0 Å². The van der Waals surface area contributed by atoms with Gasteiger partial charge in [-0.25, -0.2) is 4.98 Å². The van der Waals surface area contributed by atoms with Gasteiger partial charge in [-0.15, -0.1) is 11.3 Å². The van der Waals surface area contributed by atoms with E-state index in [0.29, 0.717) is 6.61 Å². The summed E-state index contributed by atoms with van der Waals surface area (Å²) in [5, 5.41) is 3.10. The maximum absolute atomic E-state index is 5.98. The van der Waals surface area contributed by atoms with Crippen LogP contribution in [0.4, 0.5) is 0 Å². The SMILES string of the molecule is CCOC(C)(C)c1nc(CC(C)(C)N)cs1. The lowest BCUT2D eigenvalue weighted by Crippen LogP contribution is -2.34. The van der Waals surface area contributed by atoms with E-state index in [1.807, 2.05) is 34.6 Å². The second kappa shape index (κ2) is 4.82. The predicted octanol–water partition coefficient (Wildman–Crippen LogP) is 2.69. The quantitative estimate of drug-likeness (QED) is 0.863. The highest BCUT2D eigenvalue weighted by molar-refractivity contribution is 7.09. The van der Waals surface area contributed by atoms with Gasteiger partial charge < -0.3 is 10.5 Å². The van der Waals surface area contributed by atoms with Gasteiger partial charge in [0.25, 0.3) is 0 Å². The van der Waals surface area contributed by atoms with Crippen molar-refractivity contribution in [2.75, 3.05) is 6.61 Å². The van der Waals surface area contributed by atoms with Gasteiger partial charge in [0.15, 0.2) is 0 Å². The van der Waals surface area contributed by atoms with Gasteiger partial charge in [-0.3, -0.25) is 0 Å². The molecule has 2 N–H and O–H groups in total. The molecule has 0 aromatic carbocycles. The molecule has 0 aliphatic carbocycles. The van der Waals surface area contributed by atoms with Crippen LogP contribution in [0.5, 0.6) is 0 Å². The van der Waals surface area contributed by atoms with Crippen LogP contribution in [-0.4, -0.2) is 17.1 Å². The number of nitrogens with two attached hydrogens (primary N) is 1. The molecule has 1 aromatic rings. The molecule has 0 bridgehead atoms. The molecule has 0 aliphatic rings. The Morgan fingerprint density at radius 2 is 2.00 bits per heavy atom. The third kappa shape index (κ3) is 3.85. The van der Waals surface area contributed by atoms with Gasteiger partial charge in [0.1, 0.15) is 10.6 Å². The summed E-state index contributed by atoms with van der Waals surface area (Å²) in [7, 11) is 0. The number of ether oxygens (including phenoxy) is 1. The van der Waals surface area contributed by atoms with Crippen LogP contribution in [0.3, 0.4) is 0 Å². The van der Waals surface area contributed by atoms with E-state index in [2.05, 4.69) is 10.4 Å². The number of rotatable bonds is 5. The Balaban J connectivity index is 2.79. The maximum atomic E-state index is 5.98. The van der Waals surface area contributed by atoms with Crippen LogP contribution in [0.25, 0.3) is 0 Å². The highest BCUT2D eigenvalue weighted by Gasteiger charge is 2.25. The molecule has 0 saturated carbocycles. The Kier molecular flexibility index (Phi) is 4.10. The van der Waals surface area contributed by atoms with Crippen molar-refractivity contribution in [3.8, 4) is 0 Å². The molecule has 0 amide bonds. The minimum atomic E-state index is -0.295. The van der Waals surface area contributed by atoms with E-state index < -0.39 is 0 Å². The molecule has 16 heavy (non-hydrogen) atoms. The number of hydrogen-bond donors (Lipinski definition) is 1. The summed E-state index contributed by atoms with van der Waals surface area (Å²) in [4.78, 5) is 4.60. The zero-order chi connectivity index (χ0) is 12.4. The third-order valence-corrected chi connectivity index (χ3v) is 3.40. The van der Waals surface area contributed by atoms with Crippen molar-refractivity contribution in [1.82, 2.24) is 4.98 Å². The molecule has 3 nitrogen and oxygen atoms in total. The first kappa shape index (κ1) is 13.6. The summed E-state index contributed by atoms with van der Waals surface area (Å²) in [5.41, 5.74) is 6.53. The second-order valence-electron chi connectivity index (χ2n) is 5.25. The summed E-state index contributed by atoms with van der Waals surface area (Å²) in [6.45, 7) is 10.8. The molecule has 4 heteroatoms. The molecule has 0 unspecified atom stereocenters. The minimum Gasteiger partial charge on any atom is -0.369 e. The van der Waals surface area contributed by atoms with Gasteiger partial charge >= 0.3 is 0 Å². The van der Waals surface area contributed by atoms with Crippen LogP contribution in [0.2, 0.25) is 0 Å². The monoisotopic (exact) mass is 242 g/mol. The first-order valence-corrected chi connectivity index (χ1v) is 6.50. The molecule has 92 valence electrons. The molecule has 1 aromatic heterocycles. The van der Waals surface area contributed by atoms with Gasteiger partial charge in [-0.2, -0.15) is 0 Å². The van der Waals surface area contributed by atoms with Crippen LogP contribution in [0.1, 0.15) is 45.3 Å². The van der Waals surface area contributed by atoms with Crippen molar-refractivity contribution in [3.63, 3.8) is 0 Å². The topological polar surface area (TPSA) is 48.1 Å². The molecular formula is C12H22N2OS. The van der Waals surface area contributed by atoms with E-state index >= 15 is 0 Å². The average Bonchev–Trinajstić information content (AvgIpc) is 2.49. The average molecular weight is 242 g/mol. The molecule has 0 atom stereocenters. The minimum absolute atomic E-state index is 0.207. The van der Waals surface area contributed by atoms with Crippen molar-refractivity contribution in [1.29, 1.82) is 0 Å². The molecule has 1 heterocycles. The molecule has 0 aliphatic heterocycles. The summed E-state index contributed by atoms with van der Waals surface area (Å²) in [6.07, 6.45) is 0.797. The Hall–Kier alpha value is -0.450. The van der Waals surface area contributed by atoms with Crippen molar-refractivity contribution in [2.24, 2.45) is 5.73 Å². The lowest BCUT2D eigenvalue weighted by atomic mass is 10.0. The van der Waals surface area contributed by atoms with E-state index in [4.69, 9.17) is 10.5 Å². The van der Waals surface area contributed by atoms with Crippen molar-refractivity contribution >= 4 is 11.3 Å². The highest BCUT2D eigenvalue weighted by Crippen LogP contribution is 2.28. The molecular weight excluding hydrogens is 220 g/mol. The number of aromatic nitrogens is 1. The first-order valence-electron chi connectivity index (χ1n) is 5.62. The van der Waals surface area contributed by atoms with Gasteiger partial charge in [0, 0.05) is 23.9 Å². The Labute approximate surface area is 102 Å². The third-order valence-electron chi connectivity index (χ3n) is 2.21. The number of thiazole rings is 1. The molecule has 1 rings (SSSR count). The lowest BCUT2D eigenvalue weighted by Gasteiger charge is -2.22. The Bertz CT molecular complexity index is 339. The first-order chi connectivity index (χ1) is 7.24. The fourth-order valence-electron chi connectivity index (χ4n) is 1.55. The van der Waals surface area contributed by atoms with E-state index in [9.17, 15) is 0 Å². The van der Waals surface area contributed by atoms with E-state index in [0.717, 1.165) is 17.1 Å². The van der Waals surface area contributed by atoms with Crippen molar-refractivity contribution in [3.05, 3.63) is 16.1 Å². The van der Waals surface area contributed by atoms with E-state index in [1.54, 1.807) is 11.3 Å². The summed E-state index contributed by atoms with van der Waals surface area (Å²) >= 11 is 1.65. The summed E-state index contributed by atoms with van der Waals surface area (Å²) in [5.74, 6) is 0. The smallest absolute Gasteiger partial charge is 0.124 e. The molecule has 0 radical (unpaired) electrons. The van der Waals surface area contributed by atoms with Crippen LogP contribution >= 0.6 is 11.3 Å². The van der Waals surface area contributed by atoms with Gasteiger partial charge in [-0.05, 0) is 34.6 Å². The van der Waals surface area contributed by atoms with E-state index in [-0.39, 0.29) is 11.1 Å². The fourth-order valence-corrected chi connectivity index (χ4v) is 2.45. The second-order valence-corrected chi connectivity index (χ2v) is 6.11. The normalized spacial score (nSPS) is 13.1. The van der Waals surface area contributed by atoms with Gasteiger partial charge in [-0.1, -0.05) is 0 Å². The molecule has 0 spiro atoms.